The molecule has 1 saturated carbocycles. The maximum absolute atomic E-state index is 5.54. The highest BCUT2D eigenvalue weighted by atomic mass is 16.5. The summed E-state index contributed by atoms with van der Waals surface area (Å²) in [6.07, 6.45) is 3.63. The van der Waals surface area contributed by atoms with E-state index in [1.807, 2.05) is 13.0 Å². The van der Waals surface area contributed by atoms with Crippen molar-refractivity contribution in [1.29, 1.82) is 0 Å². The van der Waals surface area contributed by atoms with Crippen molar-refractivity contribution in [2.45, 2.75) is 46.1 Å². The molecule has 17 heavy (non-hydrogen) atoms. The fraction of sp³-hybridized carbons (Fsp3) is 0.692. The first kappa shape index (κ1) is 12.1. The van der Waals surface area contributed by atoms with Crippen LogP contribution in [-0.4, -0.2) is 22.6 Å². The highest BCUT2D eigenvalue weighted by molar-refractivity contribution is 5.32. The SMILES string of the molecule is CCCOc1cc(C)nc(NC(C)C2CC2)n1. The molecule has 1 N–H and O–H groups in total. The Morgan fingerprint density at radius 2 is 2.24 bits per heavy atom. The summed E-state index contributed by atoms with van der Waals surface area (Å²) in [6.45, 7) is 6.94. The number of ether oxygens (including phenoxy) is 1. The van der Waals surface area contributed by atoms with Crippen molar-refractivity contribution in [3.8, 4) is 5.88 Å². The van der Waals surface area contributed by atoms with Gasteiger partial charge in [0.2, 0.25) is 11.8 Å². The summed E-state index contributed by atoms with van der Waals surface area (Å²) in [7, 11) is 0. The van der Waals surface area contributed by atoms with E-state index in [0.717, 1.165) is 18.0 Å². The van der Waals surface area contributed by atoms with Gasteiger partial charge in [-0.2, -0.15) is 4.98 Å². The highest BCUT2D eigenvalue weighted by Gasteiger charge is 2.28. The third-order valence-corrected chi connectivity index (χ3v) is 2.97. The lowest BCUT2D eigenvalue weighted by molar-refractivity contribution is 0.304. The zero-order valence-electron chi connectivity index (χ0n) is 10.9. The van der Waals surface area contributed by atoms with Crippen molar-refractivity contribution >= 4 is 5.95 Å². The van der Waals surface area contributed by atoms with Crippen molar-refractivity contribution < 1.29 is 4.74 Å². The minimum absolute atomic E-state index is 0.454. The predicted molar refractivity (Wildman–Crippen MR) is 68.4 cm³/mol. The Morgan fingerprint density at radius 1 is 1.47 bits per heavy atom. The van der Waals surface area contributed by atoms with Gasteiger partial charge in [0.15, 0.2) is 0 Å². The van der Waals surface area contributed by atoms with Crippen LogP contribution in [0.25, 0.3) is 0 Å². The lowest BCUT2D eigenvalue weighted by Gasteiger charge is -2.14. The van der Waals surface area contributed by atoms with E-state index in [4.69, 9.17) is 4.74 Å². The minimum atomic E-state index is 0.454. The number of nitrogens with one attached hydrogen (secondary N) is 1. The van der Waals surface area contributed by atoms with E-state index >= 15 is 0 Å². The summed E-state index contributed by atoms with van der Waals surface area (Å²) in [4.78, 5) is 8.77. The Kier molecular flexibility index (Phi) is 3.82. The molecule has 1 aromatic heterocycles. The van der Waals surface area contributed by atoms with Gasteiger partial charge in [-0.25, -0.2) is 4.98 Å². The lowest BCUT2D eigenvalue weighted by Crippen LogP contribution is -2.19. The number of anilines is 1. The van der Waals surface area contributed by atoms with Gasteiger partial charge in [-0.1, -0.05) is 6.92 Å². The summed E-state index contributed by atoms with van der Waals surface area (Å²) >= 11 is 0. The summed E-state index contributed by atoms with van der Waals surface area (Å²) in [5.41, 5.74) is 0.941. The topological polar surface area (TPSA) is 47.0 Å². The molecule has 1 atom stereocenters. The number of aromatic nitrogens is 2. The van der Waals surface area contributed by atoms with Crippen molar-refractivity contribution in [2.75, 3.05) is 11.9 Å². The number of nitrogens with zero attached hydrogens (tertiary/aromatic N) is 2. The van der Waals surface area contributed by atoms with Crippen LogP contribution in [0.5, 0.6) is 5.88 Å². The van der Waals surface area contributed by atoms with E-state index < -0.39 is 0 Å². The molecular weight excluding hydrogens is 214 g/mol. The van der Waals surface area contributed by atoms with Crippen molar-refractivity contribution in [3.05, 3.63) is 11.8 Å². The molecule has 0 aromatic carbocycles. The maximum atomic E-state index is 5.54. The third kappa shape index (κ3) is 3.58. The molecule has 1 aliphatic carbocycles. The molecule has 0 bridgehead atoms. The smallest absolute Gasteiger partial charge is 0.226 e. The van der Waals surface area contributed by atoms with E-state index in [1.54, 1.807) is 0 Å². The number of rotatable bonds is 6. The second kappa shape index (κ2) is 5.34. The first-order chi connectivity index (χ1) is 8.19. The molecule has 1 aliphatic rings. The van der Waals surface area contributed by atoms with Gasteiger partial charge in [0, 0.05) is 17.8 Å². The van der Waals surface area contributed by atoms with Crippen LogP contribution in [0.1, 0.15) is 38.8 Å². The molecule has 4 nitrogen and oxygen atoms in total. The zero-order chi connectivity index (χ0) is 12.3. The molecule has 0 radical (unpaired) electrons. The molecular formula is C13H21N3O. The average molecular weight is 235 g/mol. The average Bonchev–Trinajstić information content (AvgIpc) is 3.09. The van der Waals surface area contributed by atoms with E-state index in [2.05, 4.69) is 29.1 Å². The molecule has 2 rings (SSSR count). The van der Waals surface area contributed by atoms with Crippen molar-refractivity contribution in [2.24, 2.45) is 5.92 Å². The van der Waals surface area contributed by atoms with E-state index in [1.165, 1.54) is 12.8 Å². The van der Waals surface area contributed by atoms with Gasteiger partial charge in [0.05, 0.1) is 6.61 Å². The second-order valence-corrected chi connectivity index (χ2v) is 4.79. The van der Waals surface area contributed by atoms with Gasteiger partial charge in [-0.05, 0) is 39.0 Å². The molecule has 4 heteroatoms. The van der Waals surface area contributed by atoms with E-state index in [-0.39, 0.29) is 0 Å². The molecule has 0 amide bonds. The summed E-state index contributed by atoms with van der Waals surface area (Å²) in [5, 5.41) is 3.36. The summed E-state index contributed by atoms with van der Waals surface area (Å²) in [6, 6.07) is 2.33. The first-order valence-electron chi connectivity index (χ1n) is 6.44. The van der Waals surface area contributed by atoms with E-state index in [9.17, 15) is 0 Å². The van der Waals surface area contributed by atoms with Crippen molar-refractivity contribution in [1.82, 2.24) is 9.97 Å². The molecule has 0 spiro atoms. The normalized spacial score (nSPS) is 16.6. The van der Waals surface area contributed by atoms with E-state index in [0.29, 0.717) is 24.5 Å². The third-order valence-electron chi connectivity index (χ3n) is 2.97. The number of hydrogen-bond acceptors (Lipinski definition) is 4. The van der Waals surface area contributed by atoms with Crippen LogP contribution in [0.15, 0.2) is 6.07 Å². The lowest BCUT2D eigenvalue weighted by atomic mass is 10.2. The Morgan fingerprint density at radius 3 is 2.88 bits per heavy atom. The van der Waals surface area contributed by atoms with Crippen molar-refractivity contribution in [3.63, 3.8) is 0 Å². The van der Waals surface area contributed by atoms with Gasteiger partial charge < -0.3 is 10.1 Å². The molecule has 0 saturated heterocycles. The molecule has 1 fully saturated rings. The predicted octanol–water partition coefficient (Wildman–Crippen LogP) is 2.78. The fourth-order valence-corrected chi connectivity index (χ4v) is 1.80. The Hall–Kier alpha value is -1.32. The standard InChI is InChI=1S/C13H21N3O/c1-4-7-17-12-8-9(2)14-13(16-12)15-10(3)11-5-6-11/h8,10-11H,4-7H2,1-3H3,(H,14,15,16). The second-order valence-electron chi connectivity index (χ2n) is 4.79. The van der Waals surface area contributed by atoms with Crippen LogP contribution in [0.3, 0.4) is 0 Å². The Balaban J connectivity index is 2.02. The molecule has 0 aliphatic heterocycles. The summed E-state index contributed by atoms with van der Waals surface area (Å²) in [5.74, 6) is 2.15. The Bertz CT molecular complexity index is 377. The maximum Gasteiger partial charge on any atom is 0.226 e. The quantitative estimate of drug-likeness (QED) is 0.823. The molecule has 1 aromatic rings. The first-order valence-corrected chi connectivity index (χ1v) is 6.44. The Labute approximate surface area is 103 Å². The summed E-state index contributed by atoms with van der Waals surface area (Å²) < 4.78 is 5.54. The van der Waals surface area contributed by atoms with Crippen LogP contribution >= 0.6 is 0 Å². The van der Waals surface area contributed by atoms with Gasteiger partial charge >= 0.3 is 0 Å². The molecule has 1 heterocycles. The zero-order valence-corrected chi connectivity index (χ0v) is 10.9. The molecule has 1 unspecified atom stereocenters. The van der Waals surface area contributed by atoms with Gasteiger partial charge in [0.25, 0.3) is 0 Å². The van der Waals surface area contributed by atoms with Crippen LogP contribution in [0.2, 0.25) is 0 Å². The van der Waals surface area contributed by atoms with Crippen LogP contribution in [-0.2, 0) is 0 Å². The van der Waals surface area contributed by atoms with Crippen LogP contribution in [0.4, 0.5) is 5.95 Å². The fourth-order valence-electron chi connectivity index (χ4n) is 1.80. The number of hydrogen-bond donors (Lipinski definition) is 1. The van der Waals surface area contributed by atoms with Crippen LogP contribution < -0.4 is 10.1 Å². The monoisotopic (exact) mass is 235 g/mol. The number of aryl methyl sites for hydroxylation is 1. The van der Waals surface area contributed by atoms with Gasteiger partial charge in [-0.3, -0.25) is 0 Å². The van der Waals surface area contributed by atoms with Gasteiger partial charge in [0.1, 0.15) is 0 Å². The largest absolute Gasteiger partial charge is 0.478 e. The van der Waals surface area contributed by atoms with Crippen LogP contribution in [0, 0.1) is 12.8 Å². The minimum Gasteiger partial charge on any atom is -0.478 e. The highest BCUT2D eigenvalue weighted by Crippen LogP contribution is 2.33. The van der Waals surface area contributed by atoms with Gasteiger partial charge in [-0.15, -0.1) is 0 Å². The molecule has 94 valence electrons.